The van der Waals surface area contributed by atoms with Gasteiger partial charge in [0.15, 0.2) is 5.41 Å². The van der Waals surface area contributed by atoms with Gasteiger partial charge >= 0.3 is 11.9 Å². The van der Waals surface area contributed by atoms with Crippen LogP contribution in [0.1, 0.15) is 116 Å². The van der Waals surface area contributed by atoms with E-state index in [0.29, 0.717) is 6.61 Å². The zero-order valence-electron chi connectivity index (χ0n) is 29.8. The van der Waals surface area contributed by atoms with Crippen molar-refractivity contribution in [2.24, 2.45) is 5.41 Å². The highest BCUT2D eigenvalue weighted by atomic mass is 16.6. The third kappa shape index (κ3) is 12.4. The van der Waals surface area contributed by atoms with Crippen LogP contribution in [0.4, 0.5) is 0 Å². The Kier molecular flexibility index (Phi) is 15.8. The largest absolute Gasteiger partial charge is 0.494 e. The molecule has 0 radical (unpaired) electrons. The maximum absolute atomic E-state index is 12.8. The summed E-state index contributed by atoms with van der Waals surface area (Å²) in [6, 6.07) is 14.9. The number of carbonyl (C=O) groups excluding carboxylic acids is 2. The van der Waals surface area contributed by atoms with Gasteiger partial charge < -0.3 is 19.5 Å². The van der Waals surface area contributed by atoms with Gasteiger partial charge in [-0.1, -0.05) is 103 Å². The summed E-state index contributed by atoms with van der Waals surface area (Å²) in [5.74, 6) is -0.353. The molecule has 6 nitrogen and oxygen atoms in total. The summed E-state index contributed by atoms with van der Waals surface area (Å²) in [4.78, 5) is 25.6. The van der Waals surface area contributed by atoms with Gasteiger partial charge in [-0.05, 0) is 91.3 Å². The monoisotopic (exact) mass is 633 g/mol. The first-order valence-electron chi connectivity index (χ1n) is 17.0. The van der Waals surface area contributed by atoms with Crippen LogP contribution in [0, 0.1) is 5.41 Å². The van der Waals surface area contributed by atoms with E-state index in [2.05, 4.69) is 71.6 Å². The second kappa shape index (κ2) is 18.7. The number of benzene rings is 2. The number of nitrogens with one attached hydrogen (secondary N) is 1. The van der Waals surface area contributed by atoms with E-state index in [1.165, 1.54) is 23.1 Å². The second-order valence-corrected chi connectivity index (χ2v) is 14.0. The van der Waals surface area contributed by atoms with Gasteiger partial charge in [0.05, 0.1) is 19.8 Å². The van der Waals surface area contributed by atoms with E-state index in [4.69, 9.17) is 14.2 Å². The lowest BCUT2D eigenvalue weighted by Crippen LogP contribution is -2.41. The van der Waals surface area contributed by atoms with Gasteiger partial charge in [0, 0.05) is 6.54 Å². The third-order valence-corrected chi connectivity index (χ3v) is 8.05. The van der Waals surface area contributed by atoms with Crippen molar-refractivity contribution >= 4 is 18.0 Å². The van der Waals surface area contributed by atoms with Crippen LogP contribution in [-0.4, -0.2) is 38.3 Å². The molecule has 2 aromatic carbocycles. The molecule has 2 rings (SSSR count). The van der Waals surface area contributed by atoms with Crippen molar-refractivity contribution in [2.75, 3.05) is 26.4 Å². The predicted octanol–water partition coefficient (Wildman–Crippen LogP) is 9.10. The molecule has 0 saturated carbocycles. The molecule has 0 unspecified atom stereocenters. The summed E-state index contributed by atoms with van der Waals surface area (Å²) >= 11 is 0. The Morgan fingerprint density at radius 2 is 1.35 bits per heavy atom. The molecule has 0 aromatic heterocycles. The van der Waals surface area contributed by atoms with E-state index in [-0.39, 0.29) is 36.9 Å². The Hall–Kier alpha value is -3.38. The molecular formula is C40H59NO5. The van der Waals surface area contributed by atoms with Gasteiger partial charge in [-0.2, -0.15) is 0 Å². The maximum Gasteiger partial charge on any atom is 0.324 e. The van der Waals surface area contributed by atoms with Gasteiger partial charge in [0.1, 0.15) is 5.75 Å². The normalized spacial score (nSPS) is 12.3. The lowest BCUT2D eigenvalue weighted by molar-refractivity contribution is -0.171. The van der Waals surface area contributed by atoms with Crippen LogP contribution < -0.4 is 10.1 Å². The van der Waals surface area contributed by atoms with Crippen molar-refractivity contribution in [3.05, 3.63) is 83.4 Å². The van der Waals surface area contributed by atoms with Gasteiger partial charge in [0.25, 0.3) is 0 Å². The molecule has 6 heteroatoms. The minimum absolute atomic E-state index is 0.134. The number of ether oxygens (including phenoxy) is 3. The van der Waals surface area contributed by atoms with E-state index in [0.717, 1.165) is 43.7 Å². The van der Waals surface area contributed by atoms with E-state index >= 15 is 0 Å². The molecule has 0 atom stereocenters. The average molecular weight is 634 g/mol. The zero-order chi connectivity index (χ0) is 34.2. The third-order valence-electron chi connectivity index (χ3n) is 8.05. The fourth-order valence-electron chi connectivity index (χ4n) is 5.14. The van der Waals surface area contributed by atoms with Crippen molar-refractivity contribution in [3.63, 3.8) is 0 Å². The molecule has 0 aliphatic carbocycles. The summed E-state index contributed by atoms with van der Waals surface area (Å²) in [5, 5.41) is 3.65. The number of rotatable bonds is 19. The summed E-state index contributed by atoms with van der Waals surface area (Å²) < 4.78 is 16.4. The topological polar surface area (TPSA) is 73.9 Å². The minimum Gasteiger partial charge on any atom is -0.494 e. The Morgan fingerprint density at radius 3 is 1.87 bits per heavy atom. The molecule has 254 valence electrons. The molecule has 0 aliphatic rings. The zero-order valence-corrected chi connectivity index (χ0v) is 29.8. The van der Waals surface area contributed by atoms with Crippen molar-refractivity contribution in [2.45, 2.75) is 111 Å². The summed E-state index contributed by atoms with van der Waals surface area (Å²) in [5.41, 5.74) is 3.94. The van der Waals surface area contributed by atoms with Crippen molar-refractivity contribution in [1.82, 2.24) is 5.32 Å². The van der Waals surface area contributed by atoms with Crippen LogP contribution in [-0.2, 0) is 36.4 Å². The Morgan fingerprint density at radius 1 is 0.783 bits per heavy atom. The fraction of sp³-hybridized carbons (Fsp3) is 0.550. The maximum atomic E-state index is 12.8. The Labute approximate surface area is 279 Å². The van der Waals surface area contributed by atoms with Gasteiger partial charge in [0.2, 0.25) is 0 Å². The molecule has 0 spiro atoms. The molecular weight excluding hydrogens is 574 g/mol. The molecule has 0 saturated heterocycles. The summed E-state index contributed by atoms with van der Waals surface area (Å²) in [6.07, 6.45) is 10.0. The SMILES string of the molecule is C=CCC(C/C=C/c1ccc(OCCCCCCNCc2cc(C(C)(C)C)cc(C(C)(C)C)c2)cc1)(C(=O)OCC)C(=O)OCC. The predicted molar refractivity (Wildman–Crippen MR) is 190 cm³/mol. The molecule has 1 N–H and O–H groups in total. The van der Waals surface area contributed by atoms with Crippen molar-refractivity contribution in [1.29, 1.82) is 0 Å². The lowest BCUT2D eigenvalue weighted by atomic mass is 9.79. The molecule has 46 heavy (non-hydrogen) atoms. The number of allylic oxidation sites excluding steroid dienone is 2. The standard InChI is InChI=1S/C40H59NO5/c1-10-23-40(36(42)44-11-2,37(43)45-12-3)24-17-18-31-19-21-35(22-20-31)46-26-16-14-13-15-25-41-30-32-27-33(38(4,5)6)29-34(28-32)39(7,8)9/h10,17-22,27-29,41H,1,11-16,23-26,30H2,2-9H3/b18-17+. The average Bonchev–Trinajstić information content (AvgIpc) is 2.99. The minimum atomic E-state index is -1.43. The fourth-order valence-corrected chi connectivity index (χ4v) is 5.14. The second-order valence-electron chi connectivity index (χ2n) is 14.0. The van der Waals surface area contributed by atoms with Gasteiger partial charge in [-0.3, -0.25) is 9.59 Å². The van der Waals surface area contributed by atoms with E-state index in [9.17, 15) is 9.59 Å². The van der Waals surface area contributed by atoms with Crippen LogP contribution in [0.15, 0.2) is 61.2 Å². The summed E-state index contributed by atoms with van der Waals surface area (Å²) in [7, 11) is 0. The number of unbranched alkanes of at least 4 members (excludes halogenated alkanes) is 3. The van der Waals surface area contributed by atoms with Crippen LogP contribution in [0.5, 0.6) is 5.75 Å². The van der Waals surface area contributed by atoms with E-state index in [1.54, 1.807) is 19.9 Å². The van der Waals surface area contributed by atoms with Crippen LogP contribution >= 0.6 is 0 Å². The van der Waals surface area contributed by atoms with Crippen LogP contribution in [0.2, 0.25) is 0 Å². The molecule has 0 aliphatic heterocycles. The van der Waals surface area contributed by atoms with Crippen molar-refractivity contribution in [3.8, 4) is 5.75 Å². The Bertz CT molecular complexity index is 1210. The quantitative estimate of drug-likeness (QED) is 0.0720. The first kappa shape index (κ1) is 38.8. The molecule has 0 heterocycles. The van der Waals surface area contributed by atoms with Crippen LogP contribution in [0.3, 0.4) is 0 Å². The molecule has 0 amide bonds. The highest BCUT2D eigenvalue weighted by molar-refractivity contribution is 6.00. The first-order valence-corrected chi connectivity index (χ1v) is 17.0. The summed E-state index contributed by atoms with van der Waals surface area (Å²) in [6.45, 7) is 23.8. The van der Waals surface area contributed by atoms with Crippen LogP contribution in [0.25, 0.3) is 6.08 Å². The number of hydrogen-bond acceptors (Lipinski definition) is 6. The van der Waals surface area contributed by atoms with E-state index < -0.39 is 17.4 Å². The number of carbonyl (C=O) groups is 2. The molecule has 0 bridgehead atoms. The number of esters is 2. The molecule has 0 fully saturated rings. The van der Waals surface area contributed by atoms with Crippen molar-refractivity contribution < 1.29 is 23.8 Å². The highest BCUT2D eigenvalue weighted by Crippen LogP contribution is 2.33. The lowest BCUT2D eigenvalue weighted by Gasteiger charge is -2.26. The van der Waals surface area contributed by atoms with Gasteiger partial charge in [-0.15, -0.1) is 6.58 Å². The molecule has 2 aromatic rings. The highest BCUT2D eigenvalue weighted by Gasteiger charge is 2.47. The first-order chi connectivity index (χ1) is 21.8. The Balaban J connectivity index is 1.76. The number of hydrogen-bond donors (Lipinski definition) is 1. The smallest absolute Gasteiger partial charge is 0.324 e. The van der Waals surface area contributed by atoms with E-state index in [1.807, 2.05) is 36.4 Å². The van der Waals surface area contributed by atoms with Gasteiger partial charge in [-0.25, -0.2) is 0 Å².